The molecule has 0 saturated heterocycles. The number of hydrogen-bond acceptors (Lipinski definition) is 7. The Morgan fingerprint density at radius 2 is 2.00 bits per heavy atom. The van der Waals surface area contributed by atoms with E-state index in [1.807, 2.05) is 12.1 Å². The van der Waals surface area contributed by atoms with Crippen LogP contribution in [0.15, 0.2) is 36.8 Å². The number of nitrogens with zero attached hydrogens (tertiary/aromatic N) is 7. The minimum atomic E-state index is -4.77. The second-order valence-electron chi connectivity index (χ2n) is 7.56. The molecule has 0 unspecified atom stereocenters. The van der Waals surface area contributed by atoms with Crippen LogP contribution in [0.25, 0.3) is 5.82 Å². The minimum absolute atomic E-state index is 0.0671. The second-order valence-corrected chi connectivity index (χ2v) is 7.56. The van der Waals surface area contributed by atoms with Crippen molar-refractivity contribution in [3.63, 3.8) is 0 Å². The smallest absolute Gasteiger partial charge is 0.342 e. The number of carbonyl (C=O) groups excluding carboxylic acids is 1. The summed E-state index contributed by atoms with van der Waals surface area (Å²) in [6.45, 7) is 1.59. The molecule has 1 aliphatic rings. The monoisotopic (exact) mass is 452 g/mol. The molecule has 3 heterocycles. The number of amides is 1. The molecule has 3 aromatic heterocycles. The lowest BCUT2D eigenvalue weighted by atomic mass is 10.0. The molecule has 0 aliphatic heterocycles. The van der Waals surface area contributed by atoms with Crippen LogP contribution in [-0.4, -0.2) is 30.6 Å². The molecule has 1 atom stereocenters. The third kappa shape index (κ3) is 4.23. The van der Waals surface area contributed by atoms with Crippen LogP contribution < -0.4 is 5.32 Å². The highest BCUT2D eigenvalue weighted by molar-refractivity contribution is 5.94. The van der Waals surface area contributed by atoms with Gasteiger partial charge in [0.1, 0.15) is 18.1 Å². The van der Waals surface area contributed by atoms with Crippen LogP contribution in [0.5, 0.6) is 0 Å². The molecule has 3 aromatic rings. The van der Waals surface area contributed by atoms with Gasteiger partial charge in [-0.3, -0.25) is 4.79 Å². The van der Waals surface area contributed by atoms with Crippen molar-refractivity contribution >= 4 is 5.91 Å². The van der Waals surface area contributed by atoms with Gasteiger partial charge in [-0.15, -0.1) is 0 Å². The van der Waals surface area contributed by atoms with Gasteiger partial charge in [0.15, 0.2) is 11.6 Å². The van der Waals surface area contributed by atoms with Gasteiger partial charge < -0.3 is 5.32 Å². The van der Waals surface area contributed by atoms with Crippen LogP contribution >= 0.6 is 0 Å². The Hall–Kier alpha value is -4.32. The van der Waals surface area contributed by atoms with Crippen molar-refractivity contribution in [1.82, 2.24) is 30.0 Å². The molecular formula is C21H15F3N8O. The number of halogens is 3. The third-order valence-electron chi connectivity index (χ3n) is 5.24. The van der Waals surface area contributed by atoms with E-state index in [1.54, 1.807) is 13.0 Å². The Morgan fingerprint density at radius 1 is 1.24 bits per heavy atom. The number of nitriles is 2. The van der Waals surface area contributed by atoms with Crippen LogP contribution in [0.2, 0.25) is 0 Å². The van der Waals surface area contributed by atoms with Crippen molar-refractivity contribution in [3.8, 4) is 18.0 Å². The molecule has 9 nitrogen and oxygen atoms in total. The van der Waals surface area contributed by atoms with Gasteiger partial charge in [-0.25, -0.2) is 15.0 Å². The molecule has 33 heavy (non-hydrogen) atoms. The number of carbonyl (C=O) groups is 1. The molecule has 0 aromatic carbocycles. The number of pyridine rings is 2. The molecule has 12 heteroatoms. The summed E-state index contributed by atoms with van der Waals surface area (Å²) in [7, 11) is 0. The highest BCUT2D eigenvalue weighted by atomic mass is 19.4. The predicted octanol–water partition coefficient (Wildman–Crippen LogP) is 2.99. The van der Waals surface area contributed by atoms with Crippen molar-refractivity contribution < 1.29 is 18.0 Å². The van der Waals surface area contributed by atoms with E-state index in [-0.39, 0.29) is 17.1 Å². The fourth-order valence-corrected chi connectivity index (χ4v) is 3.25. The Morgan fingerprint density at radius 3 is 2.58 bits per heavy atom. The predicted molar refractivity (Wildman–Crippen MR) is 106 cm³/mol. The van der Waals surface area contributed by atoms with Gasteiger partial charge >= 0.3 is 6.18 Å². The first-order chi connectivity index (χ1) is 15.7. The fraction of sp³-hybridized carbons (Fsp3) is 0.286. The van der Waals surface area contributed by atoms with E-state index in [0.717, 1.165) is 0 Å². The molecule has 0 bridgehead atoms. The van der Waals surface area contributed by atoms with Crippen LogP contribution in [0.3, 0.4) is 0 Å². The van der Waals surface area contributed by atoms with Gasteiger partial charge in [0.2, 0.25) is 0 Å². The summed E-state index contributed by atoms with van der Waals surface area (Å²) >= 11 is 0. The van der Waals surface area contributed by atoms with Gasteiger partial charge in [0.25, 0.3) is 5.91 Å². The van der Waals surface area contributed by atoms with Crippen molar-refractivity contribution in [1.29, 1.82) is 10.5 Å². The van der Waals surface area contributed by atoms with Gasteiger partial charge in [-0.2, -0.15) is 33.5 Å². The Bertz CT molecular complexity index is 1300. The normalized spacial score (nSPS) is 15.2. The molecule has 1 N–H and O–H groups in total. The average molecular weight is 452 g/mol. The van der Waals surface area contributed by atoms with Crippen LogP contribution in [0.4, 0.5) is 13.2 Å². The maximum Gasteiger partial charge on any atom is 0.433 e. The highest BCUT2D eigenvalue weighted by Crippen LogP contribution is 2.47. The summed E-state index contributed by atoms with van der Waals surface area (Å²) in [6, 6.07) is 8.16. The SMILES string of the molecule is C[C@H](NC(=O)c1cc(C(F)(F)F)nc(C2(C#N)CC2)c1)c1ncnn1-c1ccc(C#N)cn1. The van der Waals surface area contributed by atoms with Gasteiger partial charge in [0.05, 0.1) is 28.8 Å². The number of hydrogen-bond donors (Lipinski definition) is 1. The molecule has 1 aliphatic carbocycles. The van der Waals surface area contributed by atoms with Crippen LogP contribution in [-0.2, 0) is 11.6 Å². The molecule has 1 fully saturated rings. The maximum atomic E-state index is 13.4. The van der Waals surface area contributed by atoms with Gasteiger partial charge in [-0.1, -0.05) is 0 Å². The number of nitrogens with one attached hydrogen (secondary N) is 1. The fourth-order valence-electron chi connectivity index (χ4n) is 3.25. The van der Waals surface area contributed by atoms with Crippen LogP contribution in [0, 0.1) is 22.7 Å². The van der Waals surface area contributed by atoms with E-state index in [0.29, 0.717) is 30.3 Å². The number of rotatable bonds is 5. The van der Waals surface area contributed by atoms with E-state index in [2.05, 4.69) is 25.4 Å². The summed E-state index contributed by atoms with van der Waals surface area (Å²) in [5.74, 6) is -0.160. The Labute approximate surface area is 185 Å². The first-order valence-corrected chi connectivity index (χ1v) is 9.75. The summed E-state index contributed by atoms with van der Waals surface area (Å²) < 4.78 is 41.5. The maximum absolute atomic E-state index is 13.4. The Balaban J connectivity index is 1.62. The van der Waals surface area contributed by atoms with Crippen LogP contribution in [0.1, 0.15) is 58.9 Å². The van der Waals surface area contributed by atoms with Crippen molar-refractivity contribution in [2.24, 2.45) is 0 Å². The average Bonchev–Trinajstić information content (AvgIpc) is 3.46. The summed E-state index contributed by atoms with van der Waals surface area (Å²) in [5, 5.41) is 24.9. The molecule has 4 rings (SSSR count). The highest BCUT2D eigenvalue weighted by Gasteiger charge is 2.48. The van der Waals surface area contributed by atoms with E-state index < -0.39 is 29.2 Å². The van der Waals surface area contributed by atoms with E-state index in [4.69, 9.17) is 5.26 Å². The quantitative estimate of drug-likeness (QED) is 0.629. The minimum Gasteiger partial charge on any atom is -0.342 e. The number of alkyl halides is 3. The molecule has 0 spiro atoms. The lowest BCUT2D eigenvalue weighted by molar-refractivity contribution is -0.141. The molecule has 0 radical (unpaired) electrons. The molecule has 1 saturated carbocycles. The second kappa shape index (κ2) is 7.98. The first-order valence-electron chi connectivity index (χ1n) is 9.75. The van der Waals surface area contributed by atoms with Gasteiger partial charge in [-0.05, 0) is 44.0 Å². The van der Waals surface area contributed by atoms with Crippen molar-refractivity contribution in [3.05, 3.63) is 65.1 Å². The molecular weight excluding hydrogens is 437 g/mol. The summed E-state index contributed by atoms with van der Waals surface area (Å²) in [6.07, 6.45) is -1.41. The first kappa shape index (κ1) is 21.9. The Kier molecular flexibility index (Phi) is 5.30. The zero-order chi connectivity index (χ0) is 23.8. The van der Waals surface area contributed by atoms with E-state index >= 15 is 0 Å². The van der Waals surface area contributed by atoms with Gasteiger partial charge in [0, 0.05) is 11.8 Å². The van der Waals surface area contributed by atoms with E-state index in [9.17, 15) is 23.2 Å². The standard InChI is InChI=1S/C21H15F3N8O/c1-12(18-28-11-29-32(18)17-3-2-13(8-25)9-27-17)30-19(33)14-6-15(20(10-26)4-5-20)31-16(7-14)21(22,23)24/h2-3,6-7,9,11-12H,4-5H2,1H3,(H,30,33)/t12-/m0/s1. The van der Waals surface area contributed by atoms with E-state index in [1.165, 1.54) is 29.3 Å². The largest absolute Gasteiger partial charge is 0.433 e. The topological polar surface area (TPSA) is 133 Å². The lowest BCUT2D eigenvalue weighted by Crippen LogP contribution is -2.29. The summed E-state index contributed by atoms with van der Waals surface area (Å²) in [5.41, 5.74) is -2.31. The zero-order valence-corrected chi connectivity index (χ0v) is 17.1. The lowest BCUT2D eigenvalue weighted by Gasteiger charge is -2.16. The zero-order valence-electron chi connectivity index (χ0n) is 17.1. The molecule has 166 valence electrons. The molecule has 1 amide bonds. The third-order valence-corrected chi connectivity index (χ3v) is 5.24. The van der Waals surface area contributed by atoms with Crippen molar-refractivity contribution in [2.45, 2.75) is 37.4 Å². The summed E-state index contributed by atoms with van der Waals surface area (Å²) in [4.78, 5) is 24.7. The van der Waals surface area contributed by atoms with Crippen molar-refractivity contribution in [2.75, 3.05) is 0 Å². The number of aromatic nitrogens is 5.